The number of hydrogen-bond donors (Lipinski definition) is 0. The van der Waals surface area contributed by atoms with E-state index in [9.17, 15) is 9.59 Å². The number of benzene rings is 2. The zero-order valence-electron chi connectivity index (χ0n) is 18.3. The normalized spacial score (nSPS) is 18.9. The van der Waals surface area contributed by atoms with Gasteiger partial charge in [-0.2, -0.15) is 0 Å². The highest BCUT2D eigenvalue weighted by Gasteiger charge is 2.42. The lowest BCUT2D eigenvalue weighted by Gasteiger charge is -2.31. The van der Waals surface area contributed by atoms with E-state index in [1.165, 1.54) is 0 Å². The van der Waals surface area contributed by atoms with Crippen LogP contribution in [0.2, 0.25) is 0 Å². The lowest BCUT2D eigenvalue weighted by molar-refractivity contribution is 0.0314. The van der Waals surface area contributed by atoms with Crippen LogP contribution in [0.5, 0.6) is 5.75 Å². The molecule has 1 fully saturated rings. The van der Waals surface area contributed by atoms with Crippen LogP contribution >= 0.6 is 0 Å². The van der Waals surface area contributed by atoms with Gasteiger partial charge in [-0.05, 0) is 24.6 Å². The molecule has 3 heterocycles. The third-order valence-electron chi connectivity index (χ3n) is 6.33. The van der Waals surface area contributed by atoms with Crippen LogP contribution in [0.15, 0.2) is 51.7 Å². The maximum atomic E-state index is 13.6. The van der Waals surface area contributed by atoms with E-state index in [1.54, 1.807) is 30.2 Å². The van der Waals surface area contributed by atoms with Crippen LogP contribution in [0.3, 0.4) is 0 Å². The molecule has 7 heteroatoms. The van der Waals surface area contributed by atoms with Crippen LogP contribution in [-0.4, -0.2) is 62.2 Å². The Bertz CT molecular complexity index is 1210. The lowest BCUT2D eigenvalue weighted by atomic mass is 9.97. The van der Waals surface area contributed by atoms with Crippen LogP contribution in [0.25, 0.3) is 11.0 Å². The molecule has 2 aromatic carbocycles. The van der Waals surface area contributed by atoms with Gasteiger partial charge < -0.3 is 18.8 Å². The van der Waals surface area contributed by atoms with Crippen molar-refractivity contribution in [2.24, 2.45) is 0 Å². The number of carbonyl (C=O) groups is 1. The number of carbonyl (C=O) groups excluding carboxylic acids is 1. The van der Waals surface area contributed by atoms with E-state index >= 15 is 0 Å². The van der Waals surface area contributed by atoms with Crippen molar-refractivity contribution in [2.45, 2.75) is 13.0 Å². The second-order valence-corrected chi connectivity index (χ2v) is 8.30. The Morgan fingerprint density at radius 1 is 1.03 bits per heavy atom. The molecule has 1 saturated heterocycles. The number of aryl methyl sites for hydroxylation is 1. The van der Waals surface area contributed by atoms with Gasteiger partial charge in [-0.15, -0.1) is 0 Å². The van der Waals surface area contributed by atoms with Crippen molar-refractivity contribution in [3.63, 3.8) is 0 Å². The van der Waals surface area contributed by atoms with Gasteiger partial charge in [0.25, 0.3) is 5.91 Å². The van der Waals surface area contributed by atoms with E-state index in [1.807, 2.05) is 31.2 Å². The minimum atomic E-state index is -0.470. The van der Waals surface area contributed by atoms with Gasteiger partial charge in [0.05, 0.1) is 37.3 Å². The highest BCUT2D eigenvalue weighted by atomic mass is 16.5. The monoisotopic (exact) mass is 434 g/mol. The number of amides is 1. The molecule has 166 valence electrons. The van der Waals surface area contributed by atoms with Crippen molar-refractivity contribution in [3.05, 3.63) is 75.1 Å². The summed E-state index contributed by atoms with van der Waals surface area (Å²) >= 11 is 0. The van der Waals surface area contributed by atoms with E-state index in [-0.39, 0.29) is 17.1 Å². The molecule has 3 aromatic rings. The Morgan fingerprint density at radius 3 is 2.50 bits per heavy atom. The predicted octanol–water partition coefficient (Wildman–Crippen LogP) is 2.99. The van der Waals surface area contributed by atoms with Gasteiger partial charge in [0, 0.05) is 32.2 Å². The average Bonchev–Trinajstić information content (AvgIpc) is 3.10. The Hall–Kier alpha value is -3.16. The molecule has 1 atom stereocenters. The van der Waals surface area contributed by atoms with Gasteiger partial charge in [0.15, 0.2) is 5.43 Å². The standard InChI is InChI=1S/C25H26N2O5/c1-16-3-5-17(6-4-16)22-21-23(28)19-8-7-18(30-2)15-20(19)32-24(21)25(29)27(22)10-9-26-11-13-31-14-12-26/h3-8,15,22H,9-14H2,1-2H3/t22-/m0/s1. The van der Waals surface area contributed by atoms with Gasteiger partial charge in [-0.1, -0.05) is 29.8 Å². The van der Waals surface area contributed by atoms with Gasteiger partial charge >= 0.3 is 0 Å². The van der Waals surface area contributed by atoms with Crippen molar-refractivity contribution in [3.8, 4) is 5.75 Å². The molecule has 5 rings (SSSR count). The van der Waals surface area contributed by atoms with E-state index in [4.69, 9.17) is 13.9 Å². The first-order valence-electron chi connectivity index (χ1n) is 10.9. The summed E-state index contributed by atoms with van der Waals surface area (Å²) in [5, 5.41) is 0.449. The minimum absolute atomic E-state index is 0.128. The molecular formula is C25H26N2O5. The highest BCUT2D eigenvalue weighted by Crippen LogP contribution is 2.38. The molecule has 1 amide bonds. The maximum Gasteiger partial charge on any atom is 0.290 e. The Kier molecular flexibility index (Phi) is 5.45. The molecule has 0 N–H and O–H groups in total. The van der Waals surface area contributed by atoms with Crippen LogP contribution in [0.1, 0.15) is 33.3 Å². The maximum absolute atomic E-state index is 13.6. The number of rotatable bonds is 5. The minimum Gasteiger partial charge on any atom is -0.497 e. The second kappa shape index (κ2) is 8.41. The zero-order valence-corrected chi connectivity index (χ0v) is 18.3. The first kappa shape index (κ1) is 20.7. The lowest BCUT2D eigenvalue weighted by Crippen LogP contribution is -2.42. The summed E-state index contributed by atoms with van der Waals surface area (Å²) in [6, 6.07) is 12.6. The summed E-state index contributed by atoms with van der Waals surface area (Å²) < 4.78 is 16.7. The third-order valence-corrected chi connectivity index (χ3v) is 6.33. The van der Waals surface area contributed by atoms with E-state index in [2.05, 4.69) is 4.90 Å². The highest BCUT2D eigenvalue weighted by molar-refractivity contribution is 5.99. The molecule has 0 saturated carbocycles. The van der Waals surface area contributed by atoms with E-state index in [0.717, 1.165) is 24.2 Å². The quantitative estimate of drug-likeness (QED) is 0.615. The Balaban J connectivity index is 1.60. The molecule has 0 bridgehead atoms. The molecule has 0 unspecified atom stereocenters. The summed E-state index contributed by atoms with van der Waals surface area (Å²) in [7, 11) is 1.55. The largest absolute Gasteiger partial charge is 0.497 e. The molecule has 0 radical (unpaired) electrons. The molecular weight excluding hydrogens is 408 g/mol. The SMILES string of the molecule is COc1ccc2c(=O)c3c(oc2c1)C(=O)N(CCN1CCOCC1)[C@H]3c1ccc(C)cc1. The van der Waals surface area contributed by atoms with E-state index < -0.39 is 6.04 Å². The van der Waals surface area contributed by atoms with Gasteiger partial charge in [0.1, 0.15) is 11.3 Å². The Labute approximate surface area is 186 Å². The molecule has 0 aliphatic carbocycles. The van der Waals surface area contributed by atoms with Gasteiger partial charge in [-0.3, -0.25) is 14.5 Å². The van der Waals surface area contributed by atoms with Crippen molar-refractivity contribution >= 4 is 16.9 Å². The summed E-state index contributed by atoms with van der Waals surface area (Å²) in [6.07, 6.45) is 0. The first-order valence-corrected chi connectivity index (χ1v) is 10.9. The van der Waals surface area contributed by atoms with Crippen molar-refractivity contribution < 1.29 is 18.7 Å². The van der Waals surface area contributed by atoms with Crippen LogP contribution in [0, 0.1) is 6.92 Å². The molecule has 2 aliphatic heterocycles. The number of methoxy groups -OCH3 is 1. The summed E-state index contributed by atoms with van der Waals surface area (Å²) in [5.41, 5.74) is 2.63. The predicted molar refractivity (Wildman–Crippen MR) is 120 cm³/mol. The topological polar surface area (TPSA) is 72.2 Å². The van der Waals surface area contributed by atoms with Gasteiger partial charge in [-0.25, -0.2) is 0 Å². The fraction of sp³-hybridized carbons (Fsp3) is 0.360. The molecule has 0 spiro atoms. The Morgan fingerprint density at radius 2 is 1.78 bits per heavy atom. The molecule has 32 heavy (non-hydrogen) atoms. The third kappa shape index (κ3) is 3.57. The first-order chi connectivity index (χ1) is 15.6. The van der Waals surface area contributed by atoms with E-state index in [0.29, 0.717) is 48.6 Å². The smallest absolute Gasteiger partial charge is 0.290 e. The van der Waals surface area contributed by atoms with Crippen LogP contribution in [-0.2, 0) is 4.74 Å². The number of nitrogens with zero attached hydrogens (tertiary/aromatic N) is 2. The molecule has 2 aliphatic rings. The summed E-state index contributed by atoms with van der Waals surface area (Å²) in [5.74, 6) is 0.453. The summed E-state index contributed by atoms with van der Waals surface area (Å²) in [6.45, 7) is 6.30. The van der Waals surface area contributed by atoms with Crippen molar-refractivity contribution in [2.75, 3.05) is 46.5 Å². The average molecular weight is 434 g/mol. The zero-order chi connectivity index (χ0) is 22.2. The fourth-order valence-corrected chi connectivity index (χ4v) is 4.53. The van der Waals surface area contributed by atoms with Crippen molar-refractivity contribution in [1.29, 1.82) is 0 Å². The number of ether oxygens (including phenoxy) is 2. The number of morpholine rings is 1. The van der Waals surface area contributed by atoms with Crippen molar-refractivity contribution in [1.82, 2.24) is 9.80 Å². The molecule has 1 aromatic heterocycles. The van der Waals surface area contributed by atoms with Crippen LogP contribution < -0.4 is 10.2 Å². The number of fused-ring (bicyclic) bond motifs is 2. The second-order valence-electron chi connectivity index (χ2n) is 8.30. The fourth-order valence-electron chi connectivity index (χ4n) is 4.53. The van der Waals surface area contributed by atoms with Gasteiger partial charge in [0.2, 0.25) is 5.76 Å². The molecule has 7 nitrogen and oxygen atoms in total. The number of hydrogen-bond acceptors (Lipinski definition) is 6. The summed E-state index contributed by atoms with van der Waals surface area (Å²) in [4.78, 5) is 31.1. The van der Waals surface area contributed by atoms with Crippen LogP contribution in [0.4, 0.5) is 0 Å².